The molecule has 4 heterocycles. The van der Waals surface area contributed by atoms with Crippen molar-refractivity contribution >= 4 is 32.8 Å². The lowest BCUT2D eigenvalue weighted by Gasteiger charge is -2.32. The lowest BCUT2D eigenvalue weighted by molar-refractivity contribution is 0.310. The maximum absolute atomic E-state index is 14.4. The quantitative estimate of drug-likeness (QED) is 0.565. The topological polar surface area (TPSA) is 109 Å². The van der Waals surface area contributed by atoms with Crippen LogP contribution in [0.15, 0.2) is 30.6 Å². The van der Waals surface area contributed by atoms with Crippen LogP contribution in [0.5, 0.6) is 5.88 Å². The monoisotopic (exact) mass is 484 g/mol. The molecule has 178 valence electrons. The van der Waals surface area contributed by atoms with Gasteiger partial charge in [-0.1, -0.05) is 6.07 Å². The number of rotatable bonds is 5. The van der Waals surface area contributed by atoms with E-state index in [-0.39, 0.29) is 11.3 Å². The Hall–Kier alpha value is -3.47. The highest BCUT2D eigenvalue weighted by Crippen LogP contribution is 2.36. The molecule has 3 aromatic rings. The number of anilines is 4. The molecule has 0 amide bonds. The van der Waals surface area contributed by atoms with Crippen molar-refractivity contribution in [2.45, 2.75) is 25.6 Å². The normalized spacial score (nSPS) is 15.1. The van der Waals surface area contributed by atoms with Crippen molar-refractivity contribution in [3.63, 3.8) is 0 Å². The number of hydrogen-bond donors (Lipinski definition) is 2. The highest BCUT2D eigenvalue weighted by atomic mass is 32.2. The van der Waals surface area contributed by atoms with E-state index >= 15 is 0 Å². The zero-order valence-electron chi connectivity index (χ0n) is 18.9. The highest BCUT2D eigenvalue weighted by Gasteiger charge is 2.24. The molecule has 0 unspecified atom stereocenters. The number of sulfone groups is 1. The first kappa shape index (κ1) is 22.3. The molecule has 34 heavy (non-hydrogen) atoms. The van der Waals surface area contributed by atoms with E-state index in [9.17, 15) is 12.8 Å². The first-order valence-electron chi connectivity index (χ1n) is 11.0. The Morgan fingerprint density at radius 3 is 2.91 bits per heavy atom. The Labute approximate surface area is 197 Å². The van der Waals surface area contributed by atoms with Gasteiger partial charge in [0.1, 0.15) is 18.1 Å². The molecule has 0 bridgehead atoms. The average molecular weight is 485 g/mol. The van der Waals surface area contributed by atoms with E-state index < -0.39 is 15.7 Å². The van der Waals surface area contributed by atoms with Crippen LogP contribution in [0.1, 0.15) is 22.4 Å². The molecule has 0 saturated heterocycles. The molecule has 0 spiro atoms. The van der Waals surface area contributed by atoms with Crippen LogP contribution >= 0.6 is 0 Å². The summed E-state index contributed by atoms with van der Waals surface area (Å²) in [5, 5.41) is 6.40. The van der Waals surface area contributed by atoms with Gasteiger partial charge in [-0.3, -0.25) is 0 Å². The second-order valence-electron chi connectivity index (χ2n) is 8.56. The standard InChI is InChI=1S/C23H25FN6O3S/c1-14-20(11-26-22-21(14)25-6-8-33-22)30-7-5-15-10-27-23(29-19(15)12-30)28-17-4-3-16(18(24)9-17)13-34(2,31)32/h3-4,9-11,25H,5-8,12-13H2,1-2H3,(H,27,28,29). The Morgan fingerprint density at radius 1 is 1.26 bits per heavy atom. The number of halogens is 1. The smallest absolute Gasteiger partial charge is 0.237 e. The maximum Gasteiger partial charge on any atom is 0.237 e. The molecule has 0 aliphatic carbocycles. The molecule has 1 aromatic carbocycles. The van der Waals surface area contributed by atoms with Crippen LogP contribution in [0.25, 0.3) is 0 Å². The largest absolute Gasteiger partial charge is 0.474 e. The third-order valence-electron chi connectivity index (χ3n) is 5.93. The lowest BCUT2D eigenvalue weighted by Crippen LogP contribution is -2.32. The number of benzene rings is 1. The number of nitrogens with zero attached hydrogens (tertiary/aromatic N) is 4. The summed E-state index contributed by atoms with van der Waals surface area (Å²) in [6.45, 7) is 4.82. The van der Waals surface area contributed by atoms with Crippen molar-refractivity contribution in [1.82, 2.24) is 15.0 Å². The molecule has 0 radical (unpaired) electrons. The molecule has 9 nitrogen and oxygen atoms in total. The molecule has 0 fully saturated rings. The molecule has 5 rings (SSSR count). The van der Waals surface area contributed by atoms with Crippen molar-refractivity contribution in [2.24, 2.45) is 0 Å². The molecule has 2 aliphatic rings. The van der Waals surface area contributed by atoms with E-state index in [1.165, 1.54) is 12.1 Å². The van der Waals surface area contributed by atoms with Crippen molar-refractivity contribution in [2.75, 3.05) is 41.5 Å². The van der Waals surface area contributed by atoms with Crippen LogP contribution < -0.4 is 20.3 Å². The number of fused-ring (bicyclic) bond motifs is 2. The third-order valence-corrected chi connectivity index (χ3v) is 6.77. The number of ether oxygens (including phenoxy) is 1. The number of hydrogen-bond acceptors (Lipinski definition) is 9. The van der Waals surface area contributed by atoms with Crippen molar-refractivity contribution in [3.05, 3.63) is 58.8 Å². The van der Waals surface area contributed by atoms with Gasteiger partial charge in [0.25, 0.3) is 0 Å². The second-order valence-corrected chi connectivity index (χ2v) is 10.7. The molecular weight excluding hydrogens is 459 g/mol. The SMILES string of the molecule is Cc1c(N2CCc3cnc(Nc4ccc(CS(C)(=O)=O)c(F)c4)nc3C2)cnc2c1NCCO2. The molecular formula is C23H25FN6O3S. The Balaban J connectivity index is 1.35. The predicted molar refractivity (Wildman–Crippen MR) is 128 cm³/mol. The second kappa shape index (κ2) is 8.71. The van der Waals surface area contributed by atoms with Gasteiger partial charge in [-0.05, 0) is 31.0 Å². The highest BCUT2D eigenvalue weighted by molar-refractivity contribution is 7.89. The fourth-order valence-electron chi connectivity index (χ4n) is 4.25. The van der Waals surface area contributed by atoms with Crippen molar-refractivity contribution in [3.8, 4) is 5.88 Å². The summed E-state index contributed by atoms with van der Waals surface area (Å²) in [6, 6.07) is 4.34. The summed E-state index contributed by atoms with van der Waals surface area (Å²) in [5.41, 5.74) is 5.58. The van der Waals surface area contributed by atoms with E-state index in [2.05, 4.69) is 37.4 Å². The summed E-state index contributed by atoms with van der Waals surface area (Å²) in [5.74, 6) is 0.0513. The van der Waals surface area contributed by atoms with Gasteiger partial charge < -0.3 is 20.3 Å². The fraction of sp³-hybridized carbons (Fsp3) is 0.348. The molecule has 2 N–H and O–H groups in total. The van der Waals surface area contributed by atoms with Gasteiger partial charge in [-0.25, -0.2) is 27.8 Å². The van der Waals surface area contributed by atoms with E-state index in [4.69, 9.17) is 4.74 Å². The van der Waals surface area contributed by atoms with Gasteiger partial charge >= 0.3 is 0 Å². The van der Waals surface area contributed by atoms with Crippen LogP contribution in [0, 0.1) is 12.7 Å². The average Bonchev–Trinajstić information content (AvgIpc) is 2.80. The van der Waals surface area contributed by atoms with E-state index in [0.717, 1.165) is 54.0 Å². The van der Waals surface area contributed by atoms with E-state index in [1.807, 2.05) is 6.20 Å². The minimum absolute atomic E-state index is 0.129. The first-order valence-corrected chi connectivity index (χ1v) is 13.0. The van der Waals surface area contributed by atoms with Gasteiger partial charge in [0.15, 0.2) is 9.84 Å². The Morgan fingerprint density at radius 2 is 2.12 bits per heavy atom. The zero-order chi connectivity index (χ0) is 23.9. The van der Waals surface area contributed by atoms with Crippen molar-refractivity contribution < 1.29 is 17.5 Å². The lowest BCUT2D eigenvalue weighted by atomic mass is 10.0. The molecule has 2 aromatic heterocycles. The summed E-state index contributed by atoms with van der Waals surface area (Å²) in [6.07, 6.45) is 5.51. The fourth-order valence-corrected chi connectivity index (χ4v) is 5.05. The van der Waals surface area contributed by atoms with E-state index in [0.29, 0.717) is 30.7 Å². The summed E-state index contributed by atoms with van der Waals surface area (Å²) < 4.78 is 43.0. The van der Waals surface area contributed by atoms with Gasteiger partial charge in [0, 0.05) is 42.4 Å². The maximum atomic E-state index is 14.4. The van der Waals surface area contributed by atoms with Gasteiger partial charge in [-0.2, -0.15) is 0 Å². The van der Waals surface area contributed by atoms with Gasteiger partial charge in [0.05, 0.1) is 29.9 Å². The summed E-state index contributed by atoms with van der Waals surface area (Å²) >= 11 is 0. The third kappa shape index (κ3) is 4.60. The molecule has 0 atom stereocenters. The van der Waals surface area contributed by atoms with Crippen LogP contribution in [0.4, 0.5) is 27.4 Å². The summed E-state index contributed by atoms with van der Waals surface area (Å²) in [4.78, 5) is 15.8. The Kier molecular flexibility index (Phi) is 5.72. The zero-order valence-corrected chi connectivity index (χ0v) is 19.7. The Bertz CT molecular complexity index is 1370. The van der Waals surface area contributed by atoms with Crippen LogP contribution in [-0.4, -0.2) is 49.3 Å². The number of pyridine rings is 1. The van der Waals surface area contributed by atoms with Gasteiger partial charge in [0.2, 0.25) is 11.8 Å². The number of aromatic nitrogens is 3. The number of nitrogens with one attached hydrogen (secondary N) is 2. The van der Waals surface area contributed by atoms with E-state index in [1.54, 1.807) is 12.3 Å². The molecule has 0 saturated carbocycles. The van der Waals surface area contributed by atoms with Crippen LogP contribution in [0.2, 0.25) is 0 Å². The minimum atomic E-state index is -3.32. The van der Waals surface area contributed by atoms with Gasteiger partial charge in [-0.15, -0.1) is 0 Å². The summed E-state index contributed by atoms with van der Waals surface area (Å²) in [7, 11) is -3.32. The first-order chi connectivity index (χ1) is 16.3. The molecule has 2 aliphatic heterocycles. The minimum Gasteiger partial charge on any atom is -0.474 e. The van der Waals surface area contributed by atoms with Crippen molar-refractivity contribution in [1.29, 1.82) is 0 Å². The van der Waals surface area contributed by atoms with Crippen LogP contribution in [0.3, 0.4) is 0 Å². The van der Waals surface area contributed by atoms with Crippen LogP contribution in [-0.2, 0) is 28.6 Å². The molecule has 11 heteroatoms. The predicted octanol–water partition coefficient (Wildman–Crippen LogP) is 2.97.